The van der Waals surface area contributed by atoms with Crippen molar-refractivity contribution in [2.75, 3.05) is 31.1 Å². The Labute approximate surface area is 165 Å². The number of fused-ring (bicyclic) bond motifs is 1. The fourth-order valence-electron chi connectivity index (χ4n) is 4.46. The summed E-state index contributed by atoms with van der Waals surface area (Å²) >= 11 is 6.08. The van der Waals surface area contributed by atoms with Crippen LogP contribution in [-0.4, -0.2) is 61.0 Å². The van der Waals surface area contributed by atoms with Crippen LogP contribution in [0.2, 0.25) is 5.02 Å². The third-order valence-corrected chi connectivity index (χ3v) is 6.24. The first kappa shape index (κ1) is 18.6. The lowest BCUT2D eigenvalue weighted by atomic mass is 9.87. The second-order valence-electron chi connectivity index (χ2n) is 7.78. The molecular weight excluding hydrogens is 364 g/mol. The van der Waals surface area contributed by atoms with Crippen LogP contribution in [0.25, 0.3) is 0 Å². The van der Waals surface area contributed by atoms with Gasteiger partial charge in [0, 0.05) is 49.0 Å². The number of amides is 2. The van der Waals surface area contributed by atoms with Gasteiger partial charge < -0.3 is 20.4 Å². The van der Waals surface area contributed by atoms with Crippen LogP contribution in [0.3, 0.4) is 0 Å². The molecule has 3 aliphatic rings. The van der Waals surface area contributed by atoms with E-state index in [0.29, 0.717) is 19.1 Å². The molecule has 146 valence electrons. The van der Waals surface area contributed by atoms with E-state index in [1.54, 1.807) is 0 Å². The Morgan fingerprint density at radius 3 is 2.59 bits per heavy atom. The van der Waals surface area contributed by atoms with Gasteiger partial charge in [-0.1, -0.05) is 30.5 Å². The topological polar surface area (TPSA) is 64.7 Å². The summed E-state index contributed by atoms with van der Waals surface area (Å²) in [6.45, 7) is 2.90. The van der Waals surface area contributed by atoms with Crippen molar-refractivity contribution in [1.29, 1.82) is 0 Å². The average Bonchev–Trinajstić information content (AvgIpc) is 2.68. The molecule has 1 aliphatic carbocycles. The quantitative estimate of drug-likeness (QED) is 0.825. The number of piperazine rings is 2. The van der Waals surface area contributed by atoms with Gasteiger partial charge in [0.25, 0.3) is 0 Å². The van der Waals surface area contributed by atoms with E-state index in [1.807, 2.05) is 29.2 Å². The van der Waals surface area contributed by atoms with Gasteiger partial charge in [-0.05, 0) is 31.0 Å². The highest BCUT2D eigenvalue weighted by molar-refractivity contribution is 6.30. The Hall–Kier alpha value is -1.79. The number of hydrogen-bond donors (Lipinski definition) is 2. The summed E-state index contributed by atoms with van der Waals surface area (Å²) in [5.74, 6) is 0.0340. The van der Waals surface area contributed by atoms with Crippen molar-refractivity contribution in [1.82, 2.24) is 15.5 Å². The second-order valence-corrected chi connectivity index (χ2v) is 8.21. The van der Waals surface area contributed by atoms with E-state index in [9.17, 15) is 9.59 Å². The van der Waals surface area contributed by atoms with Crippen LogP contribution in [0.5, 0.6) is 0 Å². The van der Waals surface area contributed by atoms with Gasteiger partial charge in [-0.3, -0.25) is 9.59 Å². The van der Waals surface area contributed by atoms with Crippen LogP contribution in [-0.2, 0) is 9.59 Å². The van der Waals surface area contributed by atoms with Gasteiger partial charge in [-0.2, -0.15) is 0 Å². The minimum Gasteiger partial charge on any atom is -0.368 e. The molecule has 1 aromatic rings. The third-order valence-electron chi connectivity index (χ3n) is 6.01. The SMILES string of the molecule is O=C1N[C@H]2CCCC[C@H]2N[C@@H]1CC(=O)N1CCN(c2cccc(Cl)c2)CC1. The molecule has 27 heavy (non-hydrogen) atoms. The highest BCUT2D eigenvalue weighted by atomic mass is 35.5. The Morgan fingerprint density at radius 1 is 1.11 bits per heavy atom. The van der Waals surface area contributed by atoms with Crippen molar-refractivity contribution >= 4 is 29.1 Å². The lowest BCUT2D eigenvalue weighted by Gasteiger charge is -2.41. The molecule has 2 saturated heterocycles. The van der Waals surface area contributed by atoms with E-state index in [0.717, 1.165) is 36.6 Å². The molecule has 0 radical (unpaired) electrons. The first-order valence-electron chi connectivity index (χ1n) is 9.95. The zero-order chi connectivity index (χ0) is 18.8. The molecule has 2 aliphatic heterocycles. The highest BCUT2D eigenvalue weighted by Crippen LogP contribution is 2.23. The third kappa shape index (κ3) is 4.22. The number of nitrogens with zero attached hydrogens (tertiary/aromatic N) is 2. The maximum Gasteiger partial charge on any atom is 0.237 e. The molecule has 0 aromatic heterocycles. The molecule has 0 bridgehead atoms. The van der Waals surface area contributed by atoms with E-state index >= 15 is 0 Å². The van der Waals surface area contributed by atoms with E-state index in [1.165, 1.54) is 12.8 Å². The van der Waals surface area contributed by atoms with Crippen molar-refractivity contribution in [2.24, 2.45) is 0 Å². The summed E-state index contributed by atoms with van der Waals surface area (Å²) < 4.78 is 0. The van der Waals surface area contributed by atoms with Crippen LogP contribution in [0.15, 0.2) is 24.3 Å². The molecule has 3 atom stereocenters. The summed E-state index contributed by atoms with van der Waals surface area (Å²) in [6, 6.07) is 7.96. The maximum atomic E-state index is 12.7. The summed E-state index contributed by atoms with van der Waals surface area (Å²) in [6.07, 6.45) is 4.72. The number of rotatable bonds is 3. The van der Waals surface area contributed by atoms with Crippen LogP contribution in [0, 0.1) is 0 Å². The van der Waals surface area contributed by atoms with Gasteiger partial charge in [0.1, 0.15) is 0 Å². The number of nitrogens with one attached hydrogen (secondary N) is 2. The predicted molar refractivity (Wildman–Crippen MR) is 106 cm³/mol. The number of halogens is 1. The molecule has 3 fully saturated rings. The minimum absolute atomic E-state index is 0.0240. The molecule has 0 spiro atoms. The Balaban J connectivity index is 1.30. The Morgan fingerprint density at radius 2 is 1.85 bits per heavy atom. The largest absolute Gasteiger partial charge is 0.368 e. The van der Waals surface area contributed by atoms with E-state index in [2.05, 4.69) is 15.5 Å². The number of hydrogen-bond acceptors (Lipinski definition) is 4. The summed E-state index contributed by atoms with van der Waals surface area (Å²) in [5.41, 5.74) is 1.09. The Kier molecular flexibility index (Phi) is 5.55. The van der Waals surface area contributed by atoms with Crippen LogP contribution < -0.4 is 15.5 Å². The number of carbonyl (C=O) groups is 2. The summed E-state index contributed by atoms with van der Waals surface area (Å²) in [7, 11) is 0. The molecule has 1 aromatic carbocycles. The molecule has 7 heteroatoms. The van der Waals surface area contributed by atoms with E-state index < -0.39 is 6.04 Å². The fraction of sp³-hybridized carbons (Fsp3) is 0.600. The standard InChI is InChI=1S/C20H27ClN4O2/c21-14-4-3-5-15(12-14)24-8-10-25(11-9-24)19(26)13-18-20(27)23-17-7-2-1-6-16(17)22-18/h3-5,12,16-18,22H,1-2,6-11,13H2,(H,23,27)/t16-,17+,18-/m1/s1. The zero-order valence-electron chi connectivity index (χ0n) is 15.5. The van der Waals surface area contributed by atoms with Gasteiger partial charge in [0.15, 0.2) is 0 Å². The zero-order valence-corrected chi connectivity index (χ0v) is 16.3. The highest BCUT2D eigenvalue weighted by Gasteiger charge is 2.37. The first-order valence-corrected chi connectivity index (χ1v) is 10.3. The lowest BCUT2D eigenvalue weighted by molar-refractivity contribution is -0.136. The molecule has 6 nitrogen and oxygen atoms in total. The van der Waals surface area contributed by atoms with E-state index in [4.69, 9.17) is 11.6 Å². The number of benzene rings is 1. The van der Waals surface area contributed by atoms with Crippen molar-refractivity contribution in [3.05, 3.63) is 29.3 Å². The Bertz CT molecular complexity index is 705. The van der Waals surface area contributed by atoms with Crippen molar-refractivity contribution in [3.8, 4) is 0 Å². The van der Waals surface area contributed by atoms with Crippen LogP contribution >= 0.6 is 11.6 Å². The molecule has 4 rings (SSSR count). The molecule has 0 unspecified atom stereocenters. The first-order chi connectivity index (χ1) is 13.1. The van der Waals surface area contributed by atoms with Crippen LogP contribution in [0.1, 0.15) is 32.1 Å². The normalized spacial score (nSPS) is 28.5. The van der Waals surface area contributed by atoms with Gasteiger partial charge in [0.2, 0.25) is 11.8 Å². The van der Waals surface area contributed by atoms with Crippen molar-refractivity contribution in [3.63, 3.8) is 0 Å². The van der Waals surface area contributed by atoms with Crippen molar-refractivity contribution in [2.45, 2.75) is 50.2 Å². The summed E-state index contributed by atoms with van der Waals surface area (Å²) in [5, 5.41) is 7.27. The monoisotopic (exact) mass is 390 g/mol. The average molecular weight is 391 g/mol. The summed E-state index contributed by atoms with van der Waals surface area (Å²) in [4.78, 5) is 29.2. The molecule has 2 amide bonds. The molecule has 2 N–H and O–H groups in total. The minimum atomic E-state index is -0.400. The molecular formula is C20H27ClN4O2. The number of anilines is 1. The predicted octanol–water partition coefficient (Wildman–Crippen LogP) is 1.78. The van der Waals surface area contributed by atoms with E-state index in [-0.39, 0.29) is 24.3 Å². The molecule has 1 saturated carbocycles. The second kappa shape index (κ2) is 8.07. The lowest BCUT2D eigenvalue weighted by Crippen LogP contribution is -2.65. The number of carbonyl (C=O) groups excluding carboxylic acids is 2. The smallest absolute Gasteiger partial charge is 0.237 e. The van der Waals surface area contributed by atoms with Crippen molar-refractivity contribution < 1.29 is 9.59 Å². The van der Waals surface area contributed by atoms with Crippen LogP contribution in [0.4, 0.5) is 5.69 Å². The van der Waals surface area contributed by atoms with Gasteiger partial charge >= 0.3 is 0 Å². The maximum absolute atomic E-state index is 12.7. The molecule has 2 heterocycles. The van der Waals surface area contributed by atoms with Gasteiger partial charge in [-0.15, -0.1) is 0 Å². The fourth-order valence-corrected chi connectivity index (χ4v) is 4.65. The van der Waals surface area contributed by atoms with Gasteiger partial charge in [-0.25, -0.2) is 0 Å². The van der Waals surface area contributed by atoms with Gasteiger partial charge in [0.05, 0.1) is 12.5 Å².